The van der Waals surface area contributed by atoms with Gasteiger partial charge in [-0.15, -0.1) is 0 Å². The Morgan fingerprint density at radius 3 is 2.24 bits per heavy atom. The number of anilines is 3. The third kappa shape index (κ3) is 4.64. The number of amides is 1. The first kappa shape index (κ1) is 17.1. The molecule has 0 radical (unpaired) electrons. The van der Waals surface area contributed by atoms with Crippen LogP contribution in [0.2, 0.25) is 0 Å². The number of rotatable bonds is 4. The average Bonchev–Trinajstić information content (AvgIpc) is 2.58. The number of hydrogen-bond donors (Lipinski definition) is 2. The van der Waals surface area contributed by atoms with Crippen LogP contribution in [0.4, 0.5) is 17.2 Å². The number of halogens is 1. The average molecular weight is 397 g/mol. The number of aromatic nitrogens is 2. The molecule has 2 N–H and O–H groups in total. The normalized spacial score (nSPS) is 10.4. The fourth-order valence-corrected chi connectivity index (χ4v) is 2.53. The Hall–Kier alpha value is -2.73. The van der Waals surface area contributed by atoms with Crippen LogP contribution in [0.25, 0.3) is 0 Å². The second-order valence-electron chi connectivity index (χ2n) is 5.64. The van der Waals surface area contributed by atoms with Gasteiger partial charge in [0.15, 0.2) is 0 Å². The van der Waals surface area contributed by atoms with Gasteiger partial charge in [-0.3, -0.25) is 4.79 Å². The van der Waals surface area contributed by atoms with Crippen LogP contribution >= 0.6 is 15.9 Å². The van der Waals surface area contributed by atoms with E-state index in [1.807, 2.05) is 55.5 Å². The molecule has 0 saturated carbocycles. The number of hydrogen-bond acceptors (Lipinski definition) is 4. The maximum Gasteiger partial charge on any atom is 0.274 e. The van der Waals surface area contributed by atoms with Crippen LogP contribution in [0.3, 0.4) is 0 Å². The topological polar surface area (TPSA) is 66.9 Å². The maximum atomic E-state index is 12.5. The Kier molecular flexibility index (Phi) is 5.09. The molecule has 3 rings (SSSR count). The highest BCUT2D eigenvalue weighted by molar-refractivity contribution is 9.10. The van der Waals surface area contributed by atoms with Crippen LogP contribution in [0.1, 0.15) is 21.9 Å². The van der Waals surface area contributed by atoms with E-state index < -0.39 is 0 Å². The molecule has 3 aromatic rings. The zero-order chi connectivity index (χ0) is 17.8. The largest absolute Gasteiger partial charge is 0.340 e. The van der Waals surface area contributed by atoms with Crippen molar-refractivity contribution in [2.75, 3.05) is 10.6 Å². The standard InChI is InChI=1S/C19H17BrN4O/c1-12-3-7-16(8-4-12)24-19(25)17-11-18(22-13(2)21-17)23-15-9-5-14(20)6-10-15/h3-11H,1-2H3,(H,24,25)(H,21,22,23). The molecule has 0 aliphatic rings. The van der Waals surface area contributed by atoms with Gasteiger partial charge >= 0.3 is 0 Å². The van der Waals surface area contributed by atoms with E-state index >= 15 is 0 Å². The van der Waals surface area contributed by atoms with Gasteiger partial charge in [0, 0.05) is 21.9 Å². The van der Waals surface area contributed by atoms with Crippen molar-refractivity contribution in [2.45, 2.75) is 13.8 Å². The summed E-state index contributed by atoms with van der Waals surface area (Å²) in [7, 11) is 0. The first-order chi connectivity index (χ1) is 12.0. The van der Waals surface area contributed by atoms with E-state index in [-0.39, 0.29) is 5.91 Å². The first-order valence-electron chi connectivity index (χ1n) is 7.76. The lowest BCUT2D eigenvalue weighted by Gasteiger charge is -2.09. The third-order valence-corrected chi connectivity index (χ3v) is 4.03. The molecule has 25 heavy (non-hydrogen) atoms. The van der Waals surface area contributed by atoms with Gasteiger partial charge in [0.25, 0.3) is 5.91 Å². The summed E-state index contributed by atoms with van der Waals surface area (Å²) in [6, 6.07) is 17.0. The summed E-state index contributed by atoms with van der Waals surface area (Å²) in [5, 5.41) is 6.03. The minimum atomic E-state index is -0.270. The highest BCUT2D eigenvalue weighted by Crippen LogP contribution is 2.19. The Bertz CT molecular complexity index is 892. The summed E-state index contributed by atoms with van der Waals surface area (Å²) in [6.45, 7) is 3.76. The van der Waals surface area contributed by atoms with E-state index in [4.69, 9.17) is 0 Å². The van der Waals surface area contributed by atoms with Gasteiger partial charge in [-0.2, -0.15) is 0 Å². The monoisotopic (exact) mass is 396 g/mol. The fraction of sp³-hybridized carbons (Fsp3) is 0.105. The number of benzene rings is 2. The Morgan fingerprint density at radius 1 is 0.920 bits per heavy atom. The second kappa shape index (κ2) is 7.44. The molecular weight excluding hydrogens is 380 g/mol. The number of aryl methyl sites for hydroxylation is 2. The van der Waals surface area contributed by atoms with Crippen molar-refractivity contribution in [3.63, 3.8) is 0 Å². The van der Waals surface area contributed by atoms with Crippen molar-refractivity contribution in [1.82, 2.24) is 9.97 Å². The van der Waals surface area contributed by atoms with Gasteiger partial charge in [-0.05, 0) is 50.2 Å². The molecule has 126 valence electrons. The molecule has 0 bridgehead atoms. The van der Waals surface area contributed by atoms with E-state index in [1.54, 1.807) is 13.0 Å². The van der Waals surface area contributed by atoms with Gasteiger partial charge in [-0.1, -0.05) is 33.6 Å². The van der Waals surface area contributed by atoms with Crippen LogP contribution in [-0.2, 0) is 0 Å². The first-order valence-corrected chi connectivity index (χ1v) is 8.55. The third-order valence-electron chi connectivity index (χ3n) is 3.50. The Labute approximate surface area is 154 Å². The van der Waals surface area contributed by atoms with Crippen LogP contribution in [0.15, 0.2) is 59.1 Å². The van der Waals surface area contributed by atoms with Gasteiger partial charge in [0.2, 0.25) is 0 Å². The van der Waals surface area contributed by atoms with Crippen LogP contribution in [0, 0.1) is 13.8 Å². The van der Waals surface area contributed by atoms with E-state index in [2.05, 4.69) is 36.5 Å². The van der Waals surface area contributed by atoms with E-state index in [1.165, 1.54) is 0 Å². The quantitative estimate of drug-likeness (QED) is 0.661. The van der Waals surface area contributed by atoms with Gasteiger partial charge < -0.3 is 10.6 Å². The molecule has 0 aliphatic heterocycles. The molecule has 0 saturated heterocycles. The fourth-order valence-electron chi connectivity index (χ4n) is 2.26. The summed E-state index contributed by atoms with van der Waals surface area (Å²) in [6.07, 6.45) is 0. The lowest BCUT2D eigenvalue weighted by atomic mass is 10.2. The minimum Gasteiger partial charge on any atom is -0.340 e. The van der Waals surface area contributed by atoms with Crippen molar-refractivity contribution in [1.29, 1.82) is 0 Å². The van der Waals surface area contributed by atoms with E-state index in [9.17, 15) is 4.79 Å². The maximum absolute atomic E-state index is 12.5. The van der Waals surface area contributed by atoms with Crippen molar-refractivity contribution in [2.24, 2.45) is 0 Å². The van der Waals surface area contributed by atoms with Crippen LogP contribution < -0.4 is 10.6 Å². The Balaban J connectivity index is 1.79. The summed E-state index contributed by atoms with van der Waals surface area (Å²) in [5.74, 6) is 0.827. The van der Waals surface area contributed by atoms with E-state index in [0.29, 0.717) is 17.3 Å². The SMILES string of the molecule is Cc1ccc(NC(=O)c2cc(Nc3ccc(Br)cc3)nc(C)n2)cc1. The van der Waals surface area contributed by atoms with Crippen molar-refractivity contribution in [3.8, 4) is 0 Å². The molecular formula is C19H17BrN4O. The zero-order valence-electron chi connectivity index (χ0n) is 13.9. The summed E-state index contributed by atoms with van der Waals surface area (Å²) in [5.41, 5.74) is 3.06. The molecule has 1 heterocycles. The molecule has 5 nitrogen and oxygen atoms in total. The summed E-state index contributed by atoms with van der Waals surface area (Å²) in [4.78, 5) is 21.0. The molecule has 2 aromatic carbocycles. The minimum absolute atomic E-state index is 0.270. The number of nitrogens with one attached hydrogen (secondary N) is 2. The van der Waals surface area contributed by atoms with Crippen molar-refractivity contribution < 1.29 is 4.79 Å². The predicted octanol–water partition coefficient (Wildman–Crippen LogP) is 4.85. The predicted molar refractivity (Wildman–Crippen MR) is 103 cm³/mol. The molecule has 0 atom stereocenters. The van der Waals surface area contributed by atoms with E-state index in [0.717, 1.165) is 21.4 Å². The lowest BCUT2D eigenvalue weighted by molar-refractivity contribution is 0.102. The van der Waals surface area contributed by atoms with Crippen molar-refractivity contribution >= 4 is 39.0 Å². The molecule has 0 unspecified atom stereocenters. The Morgan fingerprint density at radius 2 is 1.56 bits per heavy atom. The highest BCUT2D eigenvalue weighted by atomic mass is 79.9. The molecule has 0 aliphatic carbocycles. The van der Waals surface area contributed by atoms with Gasteiger partial charge in [0.1, 0.15) is 17.3 Å². The lowest BCUT2D eigenvalue weighted by Crippen LogP contribution is -2.15. The van der Waals surface area contributed by atoms with Crippen LogP contribution in [0.5, 0.6) is 0 Å². The number of carbonyl (C=O) groups excluding carboxylic acids is 1. The number of nitrogens with zero attached hydrogens (tertiary/aromatic N) is 2. The number of carbonyl (C=O) groups is 1. The zero-order valence-corrected chi connectivity index (χ0v) is 15.5. The van der Waals surface area contributed by atoms with Gasteiger partial charge in [-0.25, -0.2) is 9.97 Å². The molecule has 1 amide bonds. The smallest absolute Gasteiger partial charge is 0.274 e. The molecule has 0 fully saturated rings. The van der Waals surface area contributed by atoms with Gasteiger partial charge in [0.05, 0.1) is 0 Å². The molecule has 1 aromatic heterocycles. The van der Waals surface area contributed by atoms with Crippen LogP contribution in [-0.4, -0.2) is 15.9 Å². The van der Waals surface area contributed by atoms with Crippen molar-refractivity contribution in [3.05, 3.63) is 76.2 Å². The second-order valence-corrected chi connectivity index (χ2v) is 6.55. The summed E-state index contributed by atoms with van der Waals surface area (Å²) < 4.78 is 0.995. The molecule has 6 heteroatoms. The molecule has 0 spiro atoms. The highest BCUT2D eigenvalue weighted by Gasteiger charge is 2.11. The summed E-state index contributed by atoms with van der Waals surface area (Å²) >= 11 is 3.40.